The zero-order valence-corrected chi connectivity index (χ0v) is 7.71. The molecule has 0 fully saturated rings. The number of unbranched alkanes of at least 4 members (excludes halogenated alkanes) is 1. The van der Waals surface area contributed by atoms with Crippen molar-refractivity contribution in [1.82, 2.24) is 5.32 Å². The highest BCUT2D eigenvalue weighted by molar-refractivity contribution is 5.77. The Morgan fingerprint density at radius 3 is 2.83 bits per heavy atom. The summed E-state index contributed by atoms with van der Waals surface area (Å²) >= 11 is 0. The van der Waals surface area contributed by atoms with Crippen molar-refractivity contribution in [3.05, 3.63) is 0 Å². The van der Waals surface area contributed by atoms with E-state index in [1.54, 1.807) is 0 Å². The Kier molecular flexibility index (Phi) is 7.79. The molecule has 0 aromatic carbocycles. The molecule has 0 radical (unpaired) electrons. The van der Waals surface area contributed by atoms with Gasteiger partial charge in [-0.25, -0.2) is 0 Å². The number of nitrogens with zero attached hydrogens (tertiary/aromatic N) is 1. The maximum absolute atomic E-state index is 8.48. The van der Waals surface area contributed by atoms with Gasteiger partial charge in [-0.1, -0.05) is 6.92 Å². The number of nitrogens with two attached hydrogens (primary N) is 1. The second-order valence-electron chi connectivity index (χ2n) is 2.62. The van der Waals surface area contributed by atoms with Gasteiger partial charge in [-0.15, -0.1) is 0 Å². The molecule has 0 aliphatic carbocycles. The van der Waals surface area contributed by atoms with Crippen LogP contribution in [0.2, 0.25) is 0 Å². The second kappa shape index (κ2) is 8.33. The average molecular weight is 173 g/mol. The Balaban J connectivity index is 3.24. The summed E-state index contributed by atoms with van der Waals surface area (Å²) in [5.74, 6) is 0.509. The molecule has 4 N–H and O–H groups in total. The van der Waals surface area contributed by atoms with E-state index in [-0.39, 0.29) is 6.61 Å². The van der Waals surface area contributed by atoms with E-state index in [2.05, 4.69) is 17.2 Å². The monoisotopic (exact) mass is 173 g/mol. The number of aliphatic hydroxyl groups is 1. The molecule has 0 saturated carbocycles. The molecule has 4 heteroatoms. The second-order valence-corrected chi connectivity index (χ2v) is 2.62. The summed E-state index contributed by atoms with van der Waals surface area (Å²) in [7, 11) is 0. The van der Waals surface area contributed by atoms with Crippen molar-refractivity contribution < 1.29 is 5.11 Å². The quantitative estimate of drug-likeness (QED) is 0.302. The number of hydrogen-bond acceptors (Lipinski definition) is 2. The summed E-state index contributed by atoms with van der Waals surface area (Å²) in [6, 6.07) is 0. The molecule has 0 bridgehead atoms. The third kappa shape index (κ3) is 7.34. The topological polar surface area (TPSA) is 70.6 Å². The Bertz CT molecular complexity index is 125. The smallest absolute Gasteiger partial charge is 0.188 e. The van der Waals surface area contributed by atoms with E-state index < -0.39 is 0 Å². The molecule has 12 heavy (non-hydrogen) atoms. The lowest BCUT2D eigenvalue weighted by atomic mass is 10.3. The average Bonchev–Trinajstić information content (AvgIpc) is 2.09. The van der Waals surface area contributed by atoms with Crippen molar-refractivity contribution in [2.75, 3.05) is 19.7 Å². The van der Waals surface area contributed by atoms with E-state index >= 15 is 0 Å². The maximum Gasteiger partial charge on any atom is 0.188 e. The molecule has 0 amide bonds. The van der Waals surface area contributed by atoms with E-state index in [0.717, 1.165) is 32.4 Å². The van der Waals surface area contributed by atoms with Gasteiger partial charge in [0.05, 0.1) is 0 Å². The molecule has 0 saturated heterocycles. The zero-order valence-electron chi connectivity index (χ0n) is 7.71. The van der Waals surface area contributed by atoms with Gasteiger partial charge in [-0.2, -0.15) is 0 Å². The molecular formula is C8H19N3O. The van der Waals surface area contributed by atoms with E-state index in [1.165, 1.54) is 0 Å². The number of nitrogens with one attached hydrogen (secondary N) is 1. The highest BCUT2D eigenvalue weighted by atomic mass is 16.2. The summed E-state index contributed by atoms with van der Waals surface area (Å²) in [4.78, 5) is 4.06. The predicted molar refractivity (Wildman–Crippen MR) is 51.1 cm³/mol. The molecule has 0 aliphatic heterocycles. The molecule has 0 heterocycles. The minimum atomic E-state index is 0.244. The Labute approximate surface area is 73.9 Å². The number of rotatable bonds is 6. The molecule has 0 aromatic rings. The maximum atomic E-state index is 8.48. The van der Waals surface area contributed by atoms with Crippen LogP contribution in [0.15, 0.2) is 4.99 Å². The minimum absolute atomic E-state index is 0.244. The lowest BCUT2D eigenvalue weighted by molar-refractivity contribution is 0.285. The van der Waals surface area contributed by atoms with Gasteiger partial charge >= 0.3 is 0 Å². The van der Waals surface area contributed by atoms with Gasteiger partial charge in [0.25, 0.3) is 0 Å². The van der Waals surface area contributed by atoms with Gasteiger partial charge in [0.15, 0.2) is 5.96 Å². The third-order valence-electron chi connectivity index (χ3n) is 1.40. The highest BCUT2D eigenvalue weighted by Crippen LogP contribution is 1.83. The van der Waals surface area contributed by atoms with Crippen LogP contribution >= 0.6 is 0 Å². The summed E-state index contributed by atoms with van der Waals surface area (Å²) < 4.78 is 0. The largest absolute Gasteiger partial charge is 0.396 e. The molecule has 0 unspecified atom stereocenters. The van der Waals surface area contributed by atoms with Crippen LogP contribution in [0, 0.1) is 0 Å². The molecular weight excluding hydrogens is 154 g/mol. The number of aliphatic imine (C=N–C) groups is 1. The highest BCUT2D eigenvalue weighted by Gasteiger charge is 1.89. The summed E-state index contributed by atoms with van der Waals surface area (Å²) in [5.41, 5.74) is 5.52. The van der Waals surface area contributed by atoms with E-state index in [4.69, 9.17) is 10.8 Å². The van der Waals surface area contributed by atoms with Gasteiger partial charge in [0, 0.05) is 19.7 Å². The van der Waals surface area contributed by atoms with Gasteiger partial charge in [-0.05, 0) is 19.3 Å². The van der Waals surface area contributed by atoms with Crippen molar-refractivity contribution >= 4 is 5.96 Å². The van der Waals surface area contributed by atoms with Crippen molar-refractivity contribution in [3.8, 4) is 0 Å². The van der Waals surface area contributed by atoms with Gasteiger partial charge in [-0.3, -0.25) is 4.99 Å². The first-order chi connectivity index (χ1) is 5.81. The molecule has 4 nitrogen and oxygen atoms in total. The first kappa shape index (κ1) is 11.2. The third-order valence-corrected chi connectivity index (χ3v) is 1.40. The van der Waals surface area contributed by atoms with Crippen molar-refractivity contribution in [2.24, 2.45) is 10.7 Å². The van der Waals surface area contributed by atoms with Crippen LogP contribution in [0.25, 0.3) is 0 Å². The SMILES string of the molecule is CCCN=C(N)NCCCCO. The number of guanidine groups is 1. The van der Waals surface area contributed by atoms with Crippen LogP contribution in [0.5, 0.6) is 0 Å². The first-order valence-electron chi connectivity index (χ1n) is 4.46. The van der Waals surface area contributed by atoms with Crippen LogP contribution in [0.1, 0.15) is 26.2 Å². The van der Waals surface area contributed by atoms with Crippen LogP contribution in [0.4, 0.5) is 0 Å². The number of aliphatic hydroxyl groups excluding tert-OH is 1. The van der Waals surface area contributed by atoms with E-state index in [0.29, 0.717) is 5.96 Å². The fourth-order valence-corrected chi connectivity index (χ4v) is 0.741. The Morgan fingerprint density at radius 2 is 2.25 bits per heavy atom. The summed E-state index contributed by atoms with van der Waals surface area (Å²) in [6.45, 7) is 3.87. The molecule has 0 aliphatic rings. The molecule has 0 rings (SSSR count). The van der Waals surface area contributed by atoms with E-state index in [1.807, 2.05) is 0 Å². The molecule has 0 atom stereocenters. The standard InChI is InChI=1S/C8H19N3O/c1-2-5-10-8(9)11-6-3-4-7-12/h12H,2-7H2,1H3,(H3,9,10,11). The molecule has 0 spiro atoms. The number of hydrogen-bond donors (Lipinski definition) is 3. The molecule has 0 aromatic heterocycles. The van der Waals surface area contributed by atoms with Crippen LogP contribution in [-0.2, 0) is 0 Å². The van der Waals surface area contributed by atoms with Crippen molar-refractivity contribution in [3.63, 3.8) is 0 Å². The van der Waals surface area contributed by atoms with Gasteiger partial charge in [0.2, 0.25) is 0 Å². The lowest BCUT2D eigenvalue weighted by Gasteiger charge is -2.03. The fraction of sp³-hybridized carbons (Fsp3) is 0.875. The summed E-state index contributed by atoms with van der Waals surface area (Å²) in [6.07, 6.45) is 2.76. The van der Waals surface area contributed by atoms with Crippen LogP contribution in [-0.4, -0.2) is 30.8 Å². The summed E-state index contributed by atoms with van der Waals surface area (Å²) in [5, 5.41) is 11.5. The zero-order chi connectivity index (χ0) is 9.23. The fourth-order valence-electron chi connectivity index (χ4n) is 0.741. The van der Waals surface area contributed by atoms with Crippen molar-refractivity contribution in [1.29, 1.82) is 0 Å². The minimum Gasteiger partial charge on any atom is -0.396 e. The Hall–Kier alpha value is -0.770. The Morgan fingerprint density at radius 1 is 1.50 bits per heavy atom. The van der Waals surface area contributed by atoms with Crippen molar-refractivity contribution in [2.45, 2.75) is 26.2 Å². The lowest BCUT2D eigenvalue weighted by Crippen LogP contribution is -2.32. The van der Waals surface area contributed by atoms with Crippen LogP contribution < -0.4 is 11.1 Å². The normalized spacial score (nSPS) is 11.7. The van der Waals surface area contributed by atoms with Crippen LogP contribution in [0.3, 0.4) is 0 Å². The van der Waals surface area contributed by atoms with E-state index in [9.17, 15) is 0 Å². The first-order valence-corrected chi connectivity index (χ1v) is 4.46. The molecule has 72 valence electrons. The van der Waals surface area contributed by atoms with Gasteiger partial charge in [0.1, 0.15) is 0 Å². The predicted octanol–water partition coefficient (Wildman–Crippen LogP) is 0.0732. The van der Waals surface area contributed by atoms with Gasteiger partial charge < -0.3 is 16.2 Å².